The van der Waals surface area contributed by atoms with E-state index >= 15 is 0 Å². The third-order valence-corrected chi connectivity index (χ3v) is 5.35. The van der Waals surface area contributed by atoms with Crippen LogP contribution in [0.4, 0.5) is 10.5 Å². The highest BCUT2D eigenvalue weighted by molar-refractivity contribution is 5.92. The molecule has 2 aromatic rings. The zero-order valence-corrected chi connectivity index (χ0v) is 20.8. The number of carbonyl (C=O) groups is 2. The molecule has 34 heavy (non-hydrogen) atoms. The average molecular weight is 472 g/mol. The van der Waals surface area contributed by atoms with Crippen molar-refractivity contribution >= 4 is 17.6 Å². The Bertz CT molecular complexity index is 932. The van der Waals surface area contributed by atoms with E-state index in [0.29, 0.717) is 35.3 Å². The number of methoxy groups -OCH3 is 1. The lowest BCUT2D eigenvalue weighted by Crippen LogP contribution is -2.34. The minimum atomic E-state index is -0.571. The molecule has 0 radical (unpaired) electrons. The lowest BCUT2D eigenvalue weighted by atomic mass is 10.1. The van der Waals surface area contributed by atoms with Gasteiger partial charge in [0.15, 0.2) is 11.5 Å². The van der Waals surface area contributed by atoms with Crippen LogP contribution in [0.3, 0.4) is 0 Å². The molecule has 0 heterocycles. The van der Waals surface area contributed by atoms with Gasteiger partial charge in [-0.25, -0.2) is 4.79 Å². The number of ether oxygens (including phenoxy) is 2. The number of nitrogens with zero attached hydrogens (tertiary/aromatic N) is 1. The monoisotopic (exact) mass is 471 g/mol. The van der Waals surface area contributed by atoms with Crippen molar-refractivity contribution in [2.24, 2.45) is 5.92 Å². The predicted octanol–water partition coefficient (Wildman–Crippen LogP) is 4.00. The molecular formula is C26H37N3O5. The van der Waals surface area contributed by atoms with E-state index in [-0.39, 0.29) is 18.9 Å². The molecule has 0 saturated carbocycles. The fraction of sp³-hybridized carbons (Fsp3) is 0.462. The summed E-state index contributed by atoms with van der Waals surface area (Å²) in [4.78, 5) is 26.7. The van der Waals surface area contributed by atoms with Gasteiger partial charge in [0.25, 0.3) is 0 Å². The molecular weight excluding hydrogens is 434 g/mol. The second kappa shape index (κ2) is 13.4. The minimum Gasteiger partial charge on any atom is -0.493 e. The van der Waals surface area contributed by atoms with E-state index in [4.69, 9.17) is 9.47 Å². The third kappa shape index (κ3) is 8.26. The molecule has 0 aliphatic rings. The summed E-state index contributed by atoms with van der Waals surface area (Å²) in [5.41, 5.74) is 1.82. The van der Waals surface area contributed by atoms with E-state index in [1.165, 1.54) is 4.90 Å². The van der Waals surface area contributed by atoms with Crippen molar-refractivity contribution in [2.75, 3.05) is 39.7 Å². The number of carbonyl (C=O) groups excluding carboxylic acids is 2. The quantitative estimate of drug-likeness (QED) is 0.407. The summed E-state index contributed by atoms with van der Waals surface area (Å²) in [7, 11) is 4.90. The smallest absolute Gasteiger partial charge is 0.319 e. The van der Waals surface area contributed by atoms with E-state index in [2.05, 4.69) is 24.5 Å². The van der Waals surface area contributed by atoms with Gasteiger partial charge >= 0.3 is 6.03 Å². The topological polar surface area (TPSA) is 100 Å². The number of aliphatic hydroxyl groups excluding tert-OH is 1. The van der Waals surface area contributed by atoms with Gasteiger partial charge in [0.05, 0.1) is 38.5 Å². The Hall–Kier alpha value is -3.26. The normalized spacial score (nSPS) is 11.6. The number of nitrogens with one attached hydrogen (secondary N) is 2. The van der Waals surface area contributed by atoms with E-state index < -0.39 is 12.1 Å². The van der Waals surface area contributed by atoms with Crippen molar-refractivity contribution in [3.63, 3.8) is 0 Å². The molecule has 0 fully saturated rings. The Morgan fingerprint density at radius 1 is 1.09 bits per heavy atom. The first kappa shape index (κ1) is 27.0. The molecule has 3 N–H and O–H groups in total. The summed E-state index contributed by atoms with van der Waals surface area (Å²) in [6, 6.07) is 11.5. The van der Waals surface area contributed by atoms with E-state index in [9.17, 15) is 14.7 Å². The summed E-state index contributed by atoms with van der Waals surface area (Å²) in [5, 5.41) is 15.4. The number of aliphatic hydroxyl groups is 1. The van der Waals surface area contributed by atoms with Crippen LogP contribution in [0.5, 0.6) is 11.5 Å². The van der Waals surface area contributed by atoms with Crippen molar-refractivity contribution in [1.82, 2.24) is 10.2 Å². The first-order valence-electron chi connectivity index (χ1n) is 11.5. The molecule has 2 rings (SSSR count). The molecule has 0 unspecified atom stereocenters. The second-order valence-corrected chi connectivity index (χ2v) is 8.75. The maximum atomic E-state index is 12.8. The Morgan fingerprint density at radius 2 is 1.79 bits per heavy atom. The first-order valence-corrected chi connectivity index (χ1v) is 11.5. The van der Waals surface area contributed by atoms with E-state index in [0.717, 1.165) is 18.4 Å². The van der Waals surface area contributed by atoms with Crippen LogP contribution in [-0.4, -0.2) is 56.4 Å². The molecule has 3 amide bonds. The summed E-state index contributed by atoms with van der Waals surface area (Å²) in [6.07, 6.45) is 2.00. The fourth-order valence-electron chi connectivity index (χ4n) is 3.37. The number of amides is 3. The van der Waals surface area contributed by atoms with Gasteiger partial charge in [-0.05, 0) is 36.0 Å². The highest BCUT2D eigenvalue weighted by atomic mass is 16.5. The zero-order valence-electron chi connectivity index (χ0n) is 20.8. The number of likely N-dealkylation sites (N-methyl/N-ethyl adjacent to an activating group) is 1. The SMILES string of the molecule is COc1cc(CC(=O)N(C)C)c(NC(=O)N[C@@H](CO)c2ccccc2)cc1OCCCC(C)C. The Kier molecular flexibility index (Phi) is 10.7. The van der Waals surface area contributed by atoms with Gasteiger partial charge < -0.3 is 30.1 Å². The molecule has 0 aromatic heterocycles. The summed E-state index contributed by atoms with van der Waals surface area (Å²) >= 11 is 0. The van der Waals surface area contributed by atoms with Crippen molar-refractivity contribution in [3.05, 3.63) is 53.6 Å². The fourth-order valence-corrected chi connectivity index (χ4v) is 3.37. The van der Waals surface area contributed by atoms with Crippen LogP contribution in [-0.2, 0) is 11.2 Å². The second-order valence-electron chi connectivity index (χ2n) is 8.75. The third-order valence-electron chi connectivity index (χ3n) is 5.35. The standard InChI is InChI=1S/C26H37N3O5/c1-18(2)10-9-13-34-24-16-21(20(14-23(24)33-5)15-25(31)29(3)4)27-26(32)28-22(17-30)19-11-7-6-8-12-19/h6-8,11-12,14,16,18,22,30H,9-10,13,15,17H2,1-5H3,(H2,27,28,32)/t22-/m0/s1. The largest absolute Gasteiger partial charge is 0.493 e. The number of hydrogen-bond acceptors (Lipinski definition) is 5. The molecule has 0 aliphatic heterocycles. The van der Waals surface area contributed by atoms with Gasteiger partial charge in [0.2, 0.25) is 5.91 Å². The molecule has 0 aliphatic carbocycles. The molecule has 186 valence electrons. The summed E-state index contributed by atoms with van der Waals surface area (Å²) < 4.78 is 11.4. The summed E-state index contributed by atoms with van der Waals surface area (Å²) in [5.74, 6) is 1.45. The van der Waals surface area contributed by atoms with Crippen LogP contribution >= 0.6 is 0 Å². The minimum absolute atomic E-state index is 0.0781. The van der Waals surface area contributed by atoms with E-state index in [1.807, 2.05) is 30.3 Å². The Morgan fingerprint density at radius 3 is 2.38 bits per heavy atom. The van der Waals surface area contributed by atoms with Gasteiger partial charge in [-0.2, -0.15) is 0 Å². The summed E-state index contributed by atoms with van der Waals surface area (Å²) in [6.45, 7) is 4.58. The van der Waals surface area contributed by atoms with Crippen LogP contribution in [0.25, 0.3) is 0 Å². The molecule has 0 bridgehead atoms. The molecule has 1 atom stereocenters. The number of urea groups is 1. The molecule has 0 saturated heterocycles. The molecule has 8 heteroatoms. The molecule has 0 spiro atoms. The van der Waals surface area contributed by atoms with Crippen LogP contribution in [0.2, 0.25) is 0 Å². The number of anilines is 1. The Labute approximate surface area is 202 Å². The molecule has 8 nitrogen and oxygen atoms in total. The predicted molar refractivity (Wildman–Crippen MR) is 133 cm³/mol. The maximum absolute atomic E-state index is 12.8. The number of benzene rings is 2. The van der Waals surface area contributed by atoms with Crippen LogP contribution in [0.15, 0.2) is 42.5 Å². The average Bonchev–Trinajstić information content (AvgIpc) is 2.81. The maximum Gasteiger partial charge on any atom is 0.319 e. The van der Waals surface area contributed by atoms with Crippen LogP contribution < -0.4 is 20.1 Å². The van der Waals surface area contributed by atoms with Crippen LogP contribution in [0.1, 0.15) is 43.9 Å². The molecule has 2 aromatic carbocycles. The van der Waals surface area contributed by atoms with Crippen molar-refractivity contribution in [1.29, 1.82) is 0 Å². The highest BCUT2D eigenvalue weighted by Crippen LogP contribution is 2.34. The van der Waals surface area contributed by atoms with Crippen LogP contribution in [0, 0.1) is 5.92 Å². The Balaban J connectivity index is 2.26. The lowest BCUT2D eigenvalue weighted by molar-refractivity contribution is -0.127. The highest BCUT2D eigenvalue weighted by Gasteiger charge is 2.19. The van der Waals surface area contributed by atoms with E-state index in [1.54, 1.807) is 33.3 Å². The van der Waals surface area contributed by atoms with Gasteiger partial charge in [-0.15, -0.1) is 0 Å². The zero-order chi connectivity index (χ0) is 25.1. The van der Waals surface area contributed by atoms with Crippen molar-refractivity contribution < 1.29 is 24.2 Å². The van der Waals surface area contributed by atoms with Gasteiger partial charge in [0, 0.05) is 20.2 Å². The lowest BCUT2D eigenvalue weighted by Gasteiger charge is -2.20. The number of hydrogen-bond donors (Lipinski definition) is 3. The van der Waals surface area contributed by atoms with Crippen molar-refractivity contribution in [2.45, 2.75) is 39.2 Å². The van der Waals surface area contributed by atoms with Crippen molar-refractivity contribution in [3.8, 4) is 11.5 Å². The number of rotatable bonds is 12. The van der Waals surface area contributed by atoms with Gasteiger partial charge in [-0.3, -0.25) is 4.79 Å². The van der Waals surface area contributed by atoms with Gasteiger partial charge in [-0.1, -0.05) is 44.2 Å². The first-order chi connectivity index (χ1) is 16.2. The van der Waals surface area contributed by atoms with Gasteiger partial charge in [0.1, 0.15) is 0 Å².